The minimum Gasteiger partial charge on any atom is -0.398 e. The second-order valence-electron chi connectivity index (χ2n) is 6.75. The molecule has 0 saturated carbocycles. The van der Waals surface area contributed by atoms with Crippen molar-refractivity contribution in [1.29, 1.82) is 0 Å². The van der Waals surface area contributed by atoms with Crippen molar-refractivity contribution in [2.75, 3.05) is 61.2 Å². The Morgan fingerprint density at radius 2 is 1.48 bits per heavy atom. The van der Waals surface area contributed by atoms with Crippen LogP contribution in [0.3, 0.4) is 0 Å². The van der Waals surface area contributed by atoms with Gasteiger partial charge in [0.05, 0.1) is 24.6 Å². The molecular weight excluding hydrogens is 372 g/mol. The molecule has 9 N–H and O–H groups in total. The number of benzene rings is 2. The maximum absolute atomic E-state index is 9.48. The summed E-state index contributed by atoms with van der Waals surface area (Å²) in [6.07, 6.45) is 0.775. The first kappa shape index (κ1) is 22.8. The van der Waals surface area contributed by atoms with E-state index in [0.29, 0.717) is 43.9 Å². The summed E-state index contributed by atoms with van der Waals surface area (Å²) in [4.78, 5) is 1.90. The molecule has 160 valence electrons. The predicted octanol–water partition coefficient (Wildman–Crippen LogP) is 0.324. The van der Waals surface area contributed by atoms with Crippen LogP contribution in [0, 0.1) is 0 Å². The van der Waals surface area contributed by atoms with Crippen molar-refractivity contribution in [1.82, 2.24) is 0 Å². The Morgan fingerprint density at radius 1 is 0.828 bits per heavy atom. The molecule has 8 heteroatoms. The molecular formula is C21H32N4O4. The highest BCUT2D eigenvalue weighted by atomic mass is 16.3. The molecule has 0 aliphatic heterocycles. The topological polar surface area (TPSA) is 148 Å². The summed E-state index contributed by atoms with van der Waals surface area (Å²) in [6.45, 7) is 1.07. The Morgan fingerprint density at radius 3 is 2.10 bits per heavy atom. The van der Waals surface area contributed by atoms with E-state index in [1.807, 2.05) is 29.2 Å². The average molecular weight is 405 g/mol. The van der Waals surface area contributed by atoms with Gasteiger partial charge in [-0.05, 0) is 47.7 Å². The molecule has 0 aliphatic carbocycles. The lowest BCUT2D eigenvalue weighted by atomic mass is 9.95. The highest BCUT2D eigenvalue weighted by Gasteiger charge is 2.16. The van der Waals surface area contributed by atoms with E-state index in [9.17, 15) is 20.4 Å². The summed E-state index contributed by atoms with van der Waals surface area (Å²) in [5.41, 5.74) is 17.7. The van der Waals surface area contributed by atoms with Crippen LogP contribution in [-0.2, 0) is 19.4 Å². The standard InChI is InChI=1S/C21H32N4O4/c22-18-13-15(5-9-26)21(23)16(6-10-27)17(18)14-24-19-3-1-2-4-20(19)25(7-11-28)8-12-29/h1-4,13,24,26-29H,5-12,14,22-23H2. The quantitative estimate of drug-likeness (QED) is 0.250. The monoisotopic (exact) mass is 404 g/mol. The third-order valence-electron chi connectivity index (χ3n) is 4.90. The molecule has 0 heterocycles. The van der Waals surface area contributed by atoms with Crippen molar-refractivity contribution in [3.63, 3.8) is 0 Å². The third kappa shape index (κ3) is 5.74. The normalized spacial score (nSPS) is 10.9. The van der Waals surface area contributed by atoms with E-state index in [1.54, 1.807) is 6.07 Å². The number of aliphatic hydroxyl groups is 4. The van der Waals surface area contributed by atoms with E-state index in [-0.39, 0.29) is 26.4 Å². The van der Waals surface area contributed by atoms with Gasteiger partial charge in [-0.1, -0.05) is 12.1 Å². The molecule has 29 heavy (non-hydrogen) atoms. The predicted molar refractivity (Wildman–Crippen MR) is 117 cm³/mol. The first-order valence-electron chi connectivity index (χ1n) is 9.77. The number of nitrogen functional groups attached to an aromatic ring is 2. The van der Waals surface area contributed by atoms with E-state index in [1.165, 1.54) is 0 Å². The van der Waals surface area contributed by atoms with Gasteiger partial charge in [0.15, 0.2) is 0 Å². The van der Waals surface area contributed by atoms with Gasteiger partial charge < -0.3 is 42.1 Å². The van der Waals surface area contributed by atoms with Crippen LogP contribution in [0.1, 0.15) is 16.7 Å². The summed E-state index contributed by atoms with van der Waals surface area (Å²) in [7, 11) is 0. The number of hydrogen-bond acceptors (Lipinski definition) is 8. The molecule has 0 spiro atoms. The largest absolute Gasteiger partial charge is 0.398 e. The third-order valence-corrected chi connectivity index (χ3v) is 4.90. The van der Waals surface area contributed by atoms with Crippen LogP contribution >= 0.6 is 0 Å². The maximum Gasteiger partial charge on any atom is 0.0606 e. The van der Waals surface area contributed by atoms with Gasteiger partial charge in [0.1, 0.15) is 0 Å². The number of hydrogen-bond donors (Lipinski definition) is 7. The Labute approximate surface area is 171 Å². The van der Waals surface area contributed by atoms with Gasteiger partial charge in [-0.25, -0.2) is 0 Å². The number of para-hydroxylation sites is 2. The second-order valence-corrected chi connectivity index (χ2v) is 6.75. The van der Waals surface area contributed by atoms with Crippen LogP contribution in [0.2, 0.25) is 0 Å². The van der Waals surface area contributed by atoms with Crippen LogP contribution in [0.25, 0.3) is 0 Å². The number of nitrogens with one attached hydrogen (secondary N) is 1. The first-order valence-corrected chi connectivity index (χ1v) is 9.77. The Kier molecular flexibility index (Phi) is 9.01. The van der Waals surface area contributed by atoms with E-state index in [2.05, 4.69) is 5.32 Å². The summed E-state index contributed by atoms with van der Waals surface area (Å²) in [5, 5.41) is 40.8. The smallest absolute Gasteiger partial charge is 0.0606 e. The number of anilines is 4. The summed E-state index contributed by atoms with van der Waals surface area (Å²) in [6, 6.07) is 9.42. The number of nitrogens with zero attached hydrogens (tertiary/aromatic N) is 1. The van der Waals surface area contributed by atoms with Crippen molar-refractivity contribution >= 4 is 22.7 Å². The van der Waals surface area contributed by atoms with Crippen LogP contribution in [0.4, 0.5) is 22.7 Å². The van der Waals surface area contributed by atoms with Crippen molar-refractivity contribution in [3.8, 4) is 0 Å². The molecule has 0 unspecified atom stereocenters. The lowest BCUT2D eigenvalue weighted by Gasteiger charge is -2.26. The number of rotatable bonds is 12. The summed E-state index contributed by atoms with van der Waals surface area (Å²) >= 11 is 0. The van der Waals surface area contributed by atoms with Crippen LogP contribution in [0.5, 0.6) is 0 Å². The minimum atomic E-state index is -0.0589. The molecule has 2 aromatic carbocycles. The van der Waals surface area contributed by atoms with Crippen molar-refractivity contribution in [2.24, 2.45) is 0 Å². The van der Waals surface area contributed by atoms with Crippen LogP contribution in [0.15, 0.2) is 30.3 Å². The molecule has 0 radical (unpaired) electrons. The fraction of sp³-hybridized carbons (Fsp3) is 0.429. The van der Waals surface area contributed by atoms with Crippen molar-refractivity contribution in [3.05, 3.63) is 47.0 Å². The van der Waals surface area contributed by atoms with Gasteiger partial charge in [-0.2, -0.15) is 0 Å². The van der Waals surface area contributed by atoms with E-state index in [0.717, 1.165) is 28.1 Å². The van der Waals surface area contributed by atoms with E-state index >= 15 is 0 Å². The average Bonchev–Trinajstić information content (AvgIpc) is 2.71. The van der Waals surface area contributed by atoms with Gasteiger partial charge in [-0.3, -0.25) is 0 Å². The Hall–Kier alpha value is -2.52. The fourth-order valence-corrected chi connectivity index (χ4v) is 3.49. The number of nitrogens with two attached hydrogens (primary N) is 2. The van der Waals surface area contributed by atoms with Crippen LogP contribution < -0.4 is 21.7 Å². The number of aliphatic hydroxyl groups excluding tert-OH is 4. The van der Waals surface area contributed by atoms with Gasteiger partial charge in [0.25, 0.3) is 0 Å². The lowest BCUT2D eigenvalue weighted by Crippen LogP contribution is -2.30. The van der Waals surface area contributed by atoms with Gasteiger partial charge in [-0.15, -0.1) is 0 Å². The molecule has 0 saturated heterocycles. The van der Waals surface area contributed by atoms with Crippen molar-refractivity contribution < 1.29 is 20.4 Å². The molecule has 2 rings (SSSR count). The van der Waals surface area contributed by atoms with Gasteiger partial charge in [0, 0.05) is 44.2 Å². The minimum absolute atomic E-state index is 0.0230. The highest BCUT2D eigenvalue weighted by molar-refractivity contribution is 5.72. The Bertz CT molecular complexity index is 780. The van der Waals surface area contributed by atoms with Crippen molar-refractivity contribution in [2.45, 2.75) is 19.4 Å². The molecule has 2 aromatic rings. The maximum atomic E-state index is 9.48. The van der Waals surface area contributed by atoms with E-state index in [4.69, 9.17) is 11.5 Å². The zero-order chi connectivity index (χ0) is 21.2. The van der Waals surface area contributed by atoms with Gasteiger partial charge >= 0.3 is 0 Å². The first-order chi connectivity index (χ1) is 14.1. The summed E-state index contributed by atoms with van der Waals surface area (Å²) in [5.74, 6) is 0. The molecule has 8 nitrogen and oxygen atoms in total. The molecule has 0 aromatic heterocycles. The van der Waals surface area contributed by atoms with Crippen LogP contribution in [-0.4, -0.2) is 59.9 Å². The molecule has 0 aliphatic rings. The molecule has 0 fully saturated rings. The summed E-state index contributed by atoms with van der Waals surface area (Å²) < 4.78 is 0. The highest BCUT2D eigenvalue weighted by Crippen LogP contribution is 2.31. The molecule has 0 atom stereocenters. The second kappa shape index (κ2) is 11.5. The molecule has 0 bridgehead atoms. The molecule has 0 amide bonds. The zero-order valence-corrected chi connectivity index (χ0v) is 16.6. The van der Waals surface area contributed by atoms with E-state index < -0.39 is 0 Å². The zero-order valence-electron chi connectivity index (χ0n) is 16.6. The fourth-order valence-electron chi connectivity index (χ4n) is 3.49. The van der Waals surface area contributed by atoms with Gasteiger partial charge in [0.2, 0.25) is 0 Å². The lowest BCUT2D eigenvalue weighted by molar-refractivity contribution is 0.281. The Balaban J connectivity index is 2.33. The SMILES string of the molecule is Nc1cc(CCO)c(N)c(CCO)c1CNc1ccccc1N(CCO)CCO.